The Morgan fingerprint density at radius 3 is 2.57 bits per heavy atom. The largest absolute Gasteiger partial charge is 0.477 e. The van der Waals surface area contributed by atoms with Crippen molar-refractivity contribution in [2.24, 2.45) is 5.92 Å². The number of benzene rings is 1. The Bertz CT molecular complexity index is 677. The first-order chi connectivity index (χ1) is 10.8. The average Bonchev–Trinajstić information content (AvgIpc) is 2.46. The van der Waals surface area contributed by atoms with Crippen molar-refractivity contribution in [3.8, 4) is 5.88 Å². The molecular formula is C15H15BrF3N3O. The smallest absolute Gasteiger partial charge is 0.423 e. The third-order valence-electron chi connectivity index (χ3n) is 2.73. The number of alkyl halides is 3. The Kier molecular flexibility index (Phi) is 5.46. The minimum atomic E-state index is -4.57. The first-order valence-electron chi connectivity index (χ1n) is 6.86. The second-order valence-electron chi connectivity index (χ2n) is 5.22. The molecule has 1 N–H and O–H groups in total. The second-order valence-corrected chi connectivity index (χ2v) is 6.07. The van der Waals surface area contributed by atoms with Crippen LogP contribution in [0.25, 0.3) is 0 Å². The van der Waals surface area contributed by atoms with Crippen LogP contribution < -0.4 is 10.1 Å². The van der Waals surface area contributed by atoms with Gasteiger partial charge in [-0.25, -0.2) is 4.98 Å². The van der Waals surface area contributed by atoms with E-state index in [2.05, 4.69) is 31.2 Å². The summed E-state index contributed by atoms with van der Waals surface area (Å²) in [5, 5.41) is 2.86. The predicted octanol–water partition coefficient (Wildman–Crippen LogP) is 5.04. The van der Waals surface area contributed by atoms with Crippen LogP contribution in [0, 0.1) is 5.92 Å². The number of rotatable bonds is 5. The van der Waals surface area contributed by atoms with Crippen molar-refractivity contribution in [2.45, 2.75) is 20.0 Å². The molecule has 0 aliphatic heterocycles. The molecule has 2 rings (SSSR count). The van der Waals surface area contributed by atoms with Gasteiger partial charge in [0.25, 0.3) is 0 Å². The van der Waals surface area contributed by atoms with Gasteiger partial charge in [0.15, 0.2) is 0 Å². The molecule has 0 spiro atoms. The summed E-state index contributed by atoms with van der Waals surface area (Å²) in [5.41, 5.74) is -0.349. The van der Waals surface area contributed by atoms with Crippen LogP contribution in [0.15, 0.2) is 34.9 Å². The van der Waals surface area contributed by atoms with E-state index in [0.717, 1.165) is 10.7 Å². The lowest BCUT2D eigenvalue weighted by Crippen LogP contribution is -2.14. The molecule has 124 valence electrons. The SMILES string of the molecule is CC(C)COc1nc(Nc2ccccc2Br)ncc1C(F)(F)F. The van der Waals surface area contributed by atoms with Crippen molar-refractivity contribution < 1.29 is 17.9 Å². The first kappa shape index (κ1) is 17.5. The first-order valence-corrected chi connectivity index (χ1v) is 7.65. The van der Waals surface area contributed by atoms with Gasteiger partial charge < -0.3 is 10.1 Å². The topological polar surface area (TPSA) is 47.0 Å². The summed E-state index contributed by atoms with van der Waals surface area (Å²) >= 11 is 3.34. The summed E-state index contributed by atoms with van der Waals surface area (Å²) in [6.07, 6.45) is -3.85. The van der Waals surface area contributed by atoms with Crippen LogP contribution in [0.3, 0.4) is 0 Å². The van der Waals surface area contributed by atoms with E-state index in [-0.39, 0.29) is 18.5 Å². The van der Waals surface area contributed by atoms with E-state index < -0.39 is 17.6 Å². The molecule has 0 amide bonds. The van der Waals surface area contributed by atoms with Crippen LogP contribution >= 0.6 is 15.9 Å². The Hall–Kier alpha value is -1.83. The van der Waals surface area contributed by atoms with Gasteiger partial charge in [-0.2, -0.15) is 18.2 Å². The summed E-state index contributed by atoms with van der Waals surface area (Å²) in [6.45, 7) is 3.82. The van der Waals surface area contributed by atoms with E-state index in [0.29, 0.717) is 5.69 Å². The van der Waals surface area contributed by atoms with Crippen LogP contribution in [0.2, 0.25) is 0 Å². The third-order valence-corrected chi connectivity index (χ3v) is 3.42. The lowest BCUT2D eigenvalue weighted by atomic mass is 10.2. The number of anilines is 2. The van der Waals surface area contributed by atoms with Crippen LogP contribution in [0.1, 0.15) is 19.4 Å². The molecule has 0 bridgehead atoms. The number of nitrogens with one attached hydrogen (secondary N) is 1. The van der Waals surface area contributed by atoms with Gasteiger partial charge in [-0.1, -0.05) is 26.0 Å². The molecule has 0 aliphatic carbocycles. The van der Waals surface area contributed by atoms with Gasteiger partial charge in [0.05, 0.1) is 12.3 Å². The molecule has 0 saturated heterocycles. The molecule has 1 aromatic carbocycles. The number of ether oxygens (including phenoxy) is 1. The lowest BCUT2D eigenvalue weighted by molar-refractivity contribution is -0.139. The molecule has 0 aliphatic rings. The van der Waals surface area contributed by atoms with E-state index in [4.69, 9.17) is 4.74 Å². The molecule has 0 unspecified atom stereocenters. The van der Waals surface area contributed by atoms with Gasteiger partial charge in [0.1, 0.15) is 5.56 Å². The molecule has 8 heteroatoms. The number of nitrogens with zero attached hydrogens (tertiary/aromatic N) is 2. The standard InChI is InChI=1S/C15H15BrF3N3O/c1-9(2)8-23-13-10(15(17,18)19)7-20-14(22-13)21-12-6-4-3-5-11(12)16/h3-7,9H,8H2,1-2H3,(H,20,21,22). The number of halogens is 4. The van der Waals surface area contributed by atoms with Crippen LogP contribution in [-0.4, -0.2) is 16.6 Å². The van der Waals surface area contributed by atoms with Gasteiger partial charge in [-0.15, -0.1) is 0 Å². The van der Waals surface area contributed by atoms with E-state index in [1.165, 1.54) is 0 Å². The van der Waals surface area contributed by atoms with Gasteiger partial charge in [-0.05, 0) is 34.0 Å². The monoisotopic (exact) mass is 389 g/mol. The van der Waals surface area contributed by atoms with Crippen molar-refractivity contribution in [3.05, 3.63) is 40.5 Å². The van der Waals surface area contributed by atoms with Crippen LogP contribution in [0.4, 0.5) is 24.8 Å². The highest BCUT2D eigenvalue weighted by atomic mass is 79.9. The summed E-state index contributed by atoms with van der Waals surface area (Å²) < 4.78 is 45.0. The average molecular weight is 390 g/mol. The van der Waals surface area contributed by atoms with Crippen molar-refractivity contribution in [1.82, 2.24) is 9.97 Å². The normalized spacial score (nSPS) is 11.6. The van der Waals surface area contributed by atoms with Gasteiger partial charge in [0.2, 0.25) is 11.8 Å². The minimum absolute atomic E-state index is 0.0312. The van der Waals surface area contributed by atoms with Gasteiger partial charge in [0, 0.05) is 10.7 Å². The molecular weight excluding hydrogens is 375 g/mol. The third kappa shape index (κ3) is 4.82. The van der Waals surface area contributed by atoms with Gasteiger partial charge in [-0.3, -0.25) is 0 Å². The molecule has 4 nitrogen and oxygen atoms in total. The molecule has 1 heterocycles. The zero-order valence-electron chi connectivity index (χ0n) is 12.5. The predicted molar refractivity (Wildman–Crippen MR) is 84.8 cm³/mol. The number of para-hydroxylation sites is 1. The van der Waals surface area contributed by atoms with Gasteiger partial charge >= 0.3 is 6.18 Å². The summed E-state index contributed by atoms with van der Waals surface area (Å²) in [5.74, 6) is -0.370. The fraction of sp³-hybridized carbons (Fsp3) is 0.333. The van der Waals surface area contributed by atoms with Crippen molar-refractivity contribution in [1.29, 1.82) is 0 Å². The maximum Gasteiger partial charge on any atom is 0.423 e. The molecule has 0 atom stereocenters. The van der Waals surface area contributed by atoms with Crippen molar-refractivity contribution >= 4 is 27.6 Å². The number of hydrogen-bond acceptors (Lipinski definition) is 4. The van der Waals surface area contributed by atoms with E-state index in [9.17, 15) is 13.2 Å². The fourth-order valence-electron chi connectivity index (χ4n) is 1.66. The van der Waals surface area contributed by atoms with Crippen LogP contribution in [-0.2, 0) is 6.18 Å². The molecule has 0 radical (unpaired) electrons. The van der Waals surface area contributed by atoms with Crippen molar-refractivity contribution in [3.63, 3.8) is 0 Å². The highest BCUT2D eigenvalue weighted by Gasteiger charge is 2.36. The Morgan fingerprint density at radius 2 is 1.96 bits per heavy atom. The summed E-state index contributed by atoms with van der Waals surface area (Å²) in [7, 11) is 0. The molecule has 0 saturated carbocycles. The highest BCUT2D eigenvalue weighted by molar-refractivity contribution is 9.10. The molecule has 0 fully saturated rings. The zero-order chi connectivity index (χ0) is 17.0. The molecule has 23 heavy (non-hydrogen) atoms. The molecule has 2 aromatic rings. The maximum atomic E-state index is 13.0. The number of hydrogen-bond donors (Lipinski definition) is 1. The second kappa shape index (κ2) is 7.16. The lowest BCUT2D eigenvalue weighted by Gasteiger charge is -2.15. The van der Waals surface area contributed by atoms with E-state index in [1.54, 1.807) is 18.2 Å². The van der Waals surface area contributed by atoms with E-state index in [1.807, 2.05) is 19.9 Å². The highest BCUT2D eigenvalue weighted by Crippen LogP contribution is 2.35. The Morgan fingerprint density at radius 1 is 1.26 bits per heavy atom. The molecule has 1 aromatic heterocycles. The summed E-state index contributed by atoms with van der Waals surface area (Å²) in [6, 6.07) is 7.15. The minimum Gasteiger partial charge on any atom is -0.477 e. The quantitative estimate of drug-likeness (QED) is 0.778. The Balaban J connectivity index is 2.32. The van der Waals surface area contributed by atoms with Crippen LogP contribution in [0.5, 0.6) is 5.88 Å². The Labute approximate surface area is 140 Å². The number of aromatic nitrogens is 2. The summed E-state index contributed by atoms with van der Waals surface area (Å²) in [4.78, 5) is 7.59. The maximum absolute atomic E-state index is 13.0. The van der Waals surface area contributed by atoms with E-state index >= 15 is 0 Å². The van der Waals surface area contributed by atoms with Crippen molar-refractivity contribution in [2.75, 3.05) is 11.9 Å². The fourth-order valence-corrected chi connectivity index (χ4v) is 2.04. The zero-order valence-corrected chi connectivity index (χ0v) is 14.1.